The van der Waals surface area contributed by atoms with Crippen molar-refractivity contribution in [1.29, 1.82) is 0 Å². The van der Waals surface area contributed by atoms with Crippen LogP contribution < -0.4 is 5.56 Å². The maximum atomic E-state index is 12.7. The van der Waals surface area contributed by atoms with Crippen LogP contribution in [0.1, 0.15) is 16.8 Å². The number of likely N-dealkylation sites (tertiary alicyclic amines) is 1. The van der Waals surface area contributed by atoms with E-state index < -0.39 is 12.1 Å². The van der Waals surface area contributed by atoms with Gasteiger partial charge in [-0.1, -0.05) is 6.08 Å². The Bertz CT molecular complexity index is 949. The molecule has 8 heteroatoms. The summed E-state index contributed by atoms with van der Waals surface area (Å²) in [6.07, 6.45) is 1.30. The van der Waals surface area contributed by atoms with Gasteiger partial charge < -0.3 is 20.1 Å². The molecule has 1 saturated heterocycles. The van der Waals surface area contributed by atoms with Gasteiger partial charge in [-0.3, -0.25) is 14.2 Å². The fourth-order valence-electron chi connectivity index (χ4n) is 3.16. The Hall–Kier alpha value is -2.29. The van der Waals surface area contributed by atoms with E-state index in [4.69, 9.17) is 12.2 Å². The third-order valence-electron chi connectivity index (χ3n) is 4.40. The Morgan fingerprint density at radius 3 is 2.92 bits per heavy atom. The number of fused-ring (bicyclic) bond motifs is 1. The van der Waals surface area contributed by atoms with Crippen molar-refractivity contribution in [2.45, 2.75) is 25.1 Å². The Kier molecular flexibility index (Phi) is 4.85. The van der Waals surface area contributed by atoms with E-state index in [1.165, 1.54) is 9.47 Å². The molecule has 132 valence electrons. The summed E-state index contributed by atoms with van der Waals surface area (Å²) in [6.45, 7) is 3.89. The summed E-state index contributed by atoms with van der Waals surface area (Å²) in [6, 6.07) is 4.32. The molecule has 0 aliphatic carbocycles. The number of rotatable bonds is 4. The molecule has 1 amide bonds. The summed E-state index contributed by atoms with van der Waals surface area (Å²) in [5.41, 5.74) is 0.593. The number of benzene rings is 1. The van der Waals surface area contributed by atoms with Crippen LogP contribution in [0.3, 0.4) is 0 Å². The third-order valence-corrected chi connectivity index (χ3v) is 4.73. The zero-order chi connectivity index (χ0) is 18.1. The molecule has 2 aromatic rings. The molecule has 1 aliphatic rings. The lowest BCUT2D eigenvalue weighted by Gasteiger charge is -2.22. The zero-order valence-corrected chi connectivity index (χ0v) is 14.3. The highest BCUT2D eigenvalue weighted by molar-refractivity contribution is 7.71. The lowest BCUT2D eigenvalue weighted by atomic mass is 10.1. The van der Waals surface area contributed by atoms with Crippen LogP contribution in [0.15, 0.2) is 35.6 Å². The first-order valence-electron chi connectivity index (χ1n) is 7.94. The van der Waals surface area contributed by atoms with Crippen molar-refractivity contribution in [2.24, 2.45) is 0 Å². The number of aliphatic hydroxyl groups is 2. The largest absolute Gasteiger partial charge is 0.394 e. The fraction of sp³-hybridized carbons (Fsp3) is 0.353. The van der Waals surface area contributed by atoms with E-state index in [1.54, 1.807) is 24.3 Å². The molecule has 0 saturated carbocycles. The molecule has 1 fully saturated rings. The Morgan fingerprint density at radius 2 is 2.24 bits per heavy atom. The molecule has 7 nitrogen and oxygen atoms in total. The number of aliphatic hydroxyl groups excluding tert-OH is 2. The normalized spacial score (nSPS) is 20.2. The molecule has 0 spiro atoms. The maximum Gasteiger partial charge on any atom is 0.262 e. The van der Waals surface area contributed by atoms with Crippen LogP contribution in [0.5, 0.6) is 0 Å². The second kappa shape index (κ2) is 6.91. The van der Waals surface area contributed by atoms with E-state index in [0.29, 0.717) is 29.4 Å². The second-order valence-corrected chi connectivity index (χ2v) is 6.47. The molecule has 0 bridgehead atoms. The lowest BCUT2D eigenvalue weighted by Crippen LogP contribution is -2.38. The molecule has 3 rings (SSSR count). The number of amides is 1. The number of aromatic amines is 1. The monoisotopic (exact) mass is 361 g/mol. The van der Waals surface area contributed by atoms with Crippen molar-refractivity contribution in [3.8, 4) is 0 Å². The molecule has 2 atom stereocenters. The second-order valence-electron chi connectivity index (χ2n) is 6.08. The molecule has 2 heterocycles. The van der Waals surface area contributed by atoms with Gasteiger partial charge in [-0.05, 0) is 36.8 Å². The Balaban J connectivity index is 2.03. The molecule has 1 aromatic carbocycles. The minimum absolute atomic E-state index is 0.180. The fourth-order valence-corrected chi connectivity index (χ4v) is 3.43. The van der Waals surface area contributed by atoms with Crippen LogP contribution >= 0.6 is 12.2 Å². The van der Waals surface area contributed by atoms with Gasteiger partial charge in [0.05, 0.1) is 29.7 Å². The van der Waals surface area contributed by atoms with Crippen molar-refractivity contribution in [1.82, 2.24) is 14.5 Å². The molecule has 25 heavy (non-hydrogen) atoms. The van der Waals surface area contributed by atoms with Crippen LogP contribution in [-0.2, 0) is 6.54 Å². The van der Waals surface area contributed by atoms with Crippen LogP contribution in [0.4, 0.5) is 0 Å². The standard InChI is InChI=1S/C17H19N3O4S/c1-2-5-19-16(24)13-4-3-10(6-14(13)18-17(19)25)15(23)20-8-12(22)7-11(20)9-21/h2-4,6,11-12,21-22H,1,5,7-9H2,(H,18,25)/t11-,12+/m0/s1. The van der Waals surface area contributed by atoms with Gasteiger partial charge in [0.25, 0.3) is 11.5 Å². The van der Waals surface area contributed by atoms with Gasteiger partial charge in [0.15, 0.2) is 4.77 Å². The minimum Gasteiger partial charge on any atom is -0.394 e. The van der Waals surface area contributed by atoms with Crippen LogP contribution in [0, 0.1) is 4.77 Å². The summed E-state index contributed by atoms with van der Waals surface area (Å²) in [4.78, 5) is 29.6. The summed E-state index contributed by atoms with van der Waals surface area (Å²) < 4.78 is 1.65. The maximum absolute atomic E-state index is 12.7. The van der Waals surface area contributed by atoms with E-state index in [9.17, 15) is 19.8 Å². The number of H-pyrrole nitrogens is 1. The number of aromatic nitrogens is 2. The van der Waals surface area contributed by atoms with E-state index >= 15 is 0 Å². The highest BCUT2D eigenvalue weighted by Gasteiger charge is 2.34. The van der Waals surface area contributed by atoms with Crippen molar-refractivity contribution in [3.63, 3.8) is 0 Å². The molecule has 0 unspecified atom stereocenters. The first-order valence-corrected chi connectivity index (χ1v) is 8.34. The van der Waals surface area contributed by atoms with E-state index in [0.717, 1.165) is 0 Å². The van der Waals surface area contributed by atoms with Crippen molar-refractivity contribution in [2.75, 3.05) is 13.2 Å². The van der Waals surface area contributed by atoms with E-state index in [-0.39, 0.29) is 29.4 Å². The number of nitrogens with one attached hydrogen (secondary N) is 1. The molecule has 3 N–H and O–H groups in total. The quantitative estimate of drug-likeness (QED) is 0.553. The molecular weight excluding hydrogens is 342 g/mol. The molecular formula is C17H19N3O4S. The number of hydrogen-bond acceptors (Lipinski definition) is 5. The number of carbonyl (C=O) groups is 1. The first-order chi connectivity index (χ1) is 12.0. The van der Waals surface area contributed by atoms with Crippen molar-refractivity contribution in [3.05, 3.63) is 51.5 Å². The summed E-state index contributed by atoms with van der Waals surface area (Å²) in [5.74, 6) is -0.299. The first kappa shape index (κ1) is 17.5. The predicted molar refractivity (Wildman–Crippen MR) is 96.1 cm³/mol. The lowest BCUT2D eigenvalue weighted by molar-refractivity contribution is 0.0665. The SMILES string of the molecule is C=CCn1c(=S)[nH]c2cc(C(=O)N3C[C@H](O)C[C@H]3CO)ccc2c1=O. The Labute approximate surface area is 148 Å². The predicted octanol–water partition coefficient (Wildman–Crippen LogP) is 0.813. The van der Waals surface area contributed by atoms with Crippen LogP contribution in [0.25, 0.3) is 10.9 Å². The Morgan fingerprint density at radius 1 is 1.48 bits per heavy atom. The van der Waals surface area contributed by atoms with Gasteiger partial charge in [0.2, 0.25) is 0 Å². The summed E-state index contributed by atoms with van der Waals surface area (Å²) in [7, 11) is 0. The minimum atomic E-state index is -0.640. The average Bonchev–Trinajstić information content (AvgIpc) is 2.98. The highest BCUT2D eigenvalue weighted by atomic mass is 32.1. The van der Waals surface area contributed by atoms with E-state index in [2.05, 4.69) is 11.6 Å². The van der Waals surface area contributed by atoms with Gasteiger partial charge in [-0.25, -0.2) is 0 Å². The number of β-amino-alcohol motifs (C(OH)–C–C–N with tert-alkyl or cyclic N) is 1. The topological polar surface area (TPSA) is 98.6 Å². The van der Waals surface area contributed by atoms with Gasteiger partial charge in [0.1, 0.15) is 0 Å². The van der Waals surface area contributed by atoms with Crippen molar-refractivity contribution < 1.29 is 15.0 Å². The van der Waals surface area contributed by atoms with Crippen LogP contribution in [0.2, 0.25) is 0 Å². The van der Waals surface area contributed by atoms with Gasteiger partial charge in [-0.2, -0.15) is 0 Å². The van der Waals surface area contributed by atoms with E-state index in [1.807, 2.05) is 0 Å². The van der Waals surface area contributed by atoms with Gasteiger partial charge in [0, 0.05) is 18.7 Å². The smallest absolute Gasteiger partial charge is 0.262 e. The molecule has 1 aliphatic heterocycles. The van der Waals surface area contributed by atoms with Gasteiger partial charge in [-0.15, -0.1) is 6.58 Å². The van der Waals surface area contributed by atoms with Gasteiger partial charge >= 0.3 is 0 Å². The summed E-state index contributed by atoms with van der Waals surface area (Å²) in [5, 5.41) is 19.6. The highest BCUT2D eigenvalue weighted by Crippen LogP contribution is 2.21. The number of carbonyl (C=O) groups excluding carboxylic acids is 1. The third kappa shape index (κ3) is 3.15. The van der Waals surface area contributed by atoms with Crippen molar-refractivity contribution >= 4 is 29.0 Å². The summed E-state index contributed by atoms with van der Waals surface area (Å²) >= 11 is 5.20. The zero-order valence-electron chi connectivity index (χ0n) is 13.5. The molecule has 1 aromatic heterocycles. The number of allylic oxidation sites excluding steroid dienone is 1. The number of hydrogen-bond donors (Lipinski definition) is 3. The molecule has 0 radical (unpaired) electrons. The van der Waals surface area contributed by atoms with Crippen LogP contribution in [-0.4, -0.2) is 55.9 Å². The average molecular weight is 361 g/mol. The number of nitrogens with zero attached hydrogens (tertiary/aromatic N) is 2.